The van der Waals surface area contributed by atoms with Gasteiger partial charge in [0, 0.05) is 5.69 Å². The van der Waals surface area contributed by atoms with Gasteiger partial charge in [-0.15, -0.1) is 0 Å². The van der Waals surface area contributed by atoms with E-state index in [1.807, 2.05) is 0 Å². The number of anilines is 1. The van der Waals surface area contributed by atoms with Gasteiger partial charge in [0.05, 0.1) is 11.8 Å². The molecule has 0 bridgehead atoms. The van der Waals surface area contributed by atoms with Crippen molar-refractivity contribution in [1.82, 2.24) is 5.32 Å². The Morgan fingerprint density at radius 2 is 1.77 bits per heavy atom. The van der Waals surface area contributed by atoms with Gasteiger partial charge in [-0.05, 0) is 36.4 Å². The van der Waals surface area contributed by atoms with Gasteiger partial charge in [0.2, 0.25) is 0 Å². The zero-order valence-corrected chi connectivity index (χ0v) is 13.1. The molecule has 1 heterocycles. The van der Waals surface area contributed by atoms with Crippen molar-refractivity contribution in [2.75, 3.05) is 18.5 Å². The molecule has 26 heavy (non-hydrogen) atoms. The molecular weight excluding hydrogens is 357 g/mol. The Hall–Kier alpha value is -3.30. The van der Waals surface area contributed by atoms with Crippen LogP contribution in [0.4, 0.5) is 18.9 Å². The molecule has 2 amide bonds. The second kappa shape index (κ2) is 8.19. The Labute approximate surface area is 145 Å². The molecule has 0 unspecified atom stereocenters. The van der Waals surface area contributed by atoms with Gasteiger partial charge in [0.1, 0.15) is 6.54 Å². The number of hydrogen-bond donors (Lipinski definition) is 2. The Bertz CT molecular complexity index is 770. The molecule has 0 saturated heterocycles. The largest absolute Gasteiger partial charge is 0.459 e. The fourth-order valence-electron chi connectivity index (χ4n) is 1.75. The second-order valence-corrected chi connectivity index (χ2v) is 4.98. The van der Waals surface area contributed by atoms with Gasteiger partial charge in [-0.1, -0.05) is 0 Å². The van der Waals surface area contributed by atoms with E-state index in [1.165, 1.54) is 36.6 Å². The number of alkyl halides is 3. The van der Waals surface area contributed by atoms with Gasteiger partial charge in [0.25, 0.3) is 11.8 Å². The van der Waals surface area contributed by atoms with Crippen molar-refractivity contribution in [3.8, 4) is 0 Å². The highest BCUT2D eigenvalue weighted by molar-refractivity contribution is 6.02. The van der Waals surface area contributed by atoms with E-state index in [4.69, 9.17) is 4.42 Å². The second-order valence-electron chi connectivity index (χ2n) is 4.98. The first kappa shape index (κ1) is 19.0. The summed E-state index contributed by atoms with van der Waals surface area (Å²) in [5.41, 5.74) is 0.440. The molecule has 2 aromatic rings. The Kier molecular flexibility index (Phi) is 5.99. The predicted octanol–water partition coefficient (Wildman–Crippen LogP) is 2.37. The first-order valence-electron chi connectivity index (χ1n) is 7.20. The topological polar surface area (TPSA) is 97.6 Å². The zero-order valence-electron chi connectivity index (χ0n) is 13.1. The maximum absolute atomic E-state index is 11.9. The number of carbonyl (C=O) groups excluding carboxylic acids is 3. The quantitative estimate of drug-likeness (QED) is 0.761. The standard InChI is InChI=1S/C16H13F3N2O5/c17-16(18,19)9-20-13(22)8-26-15(24)10-3-5-11(6-4-10)21-14(23)12-2-1-7-25-12/h1-7H,8-9H2,(H,20,22)(H,21,23). The summed E-state index contributed by atoms with van der Waals surface area (Å²) in [7, 11) is 0. The van der Waals surface area contributed by atoms with E-state index in [-0.39, 0.29) is 11.3 Å². The smallest absolute Gasteiger partial charge is 0.405 e. The van der Waals surface area contributed by atoms with Gasteiger partial charge in [0.15, 0.2) is 12.4 Å². The summed E-state index contributed by atoms with van der Waals surface area (Å²) < 4.78 is 45.4. The molecule has 7 nitrogen and oxygen atoms in total. The minimum Gasteiger partial charge on any atom is -0.459 e. The third-order valence-corrected chi connectivity index (χ3v) is 2.94. The number of ether oxygens (including phenoxy) is 1. The molecule has 2 rings (SSSR count). The lowest BCUT2D eigenvalue weighted by Gasteiger charge is -2.09. The van der Waals surface area contributed by atoms with Crippen LogP contribution in [0.15, 0.2) is 47.1 Å². The molecule has 0 fully saturated rings. The van der Waals surface area contributed by atoms with Gasteiger partial charge in [-0.25, -0.2) is 4.79 Å². The van der Waals surface area contributed by atoms with E-state index in [0.717, 1.165) is 0 Å². The minimum absolute atomic E-state index is 0.0598. The van der Waals surface area contributed by atoms with Crippen LogP contribution in [0.25, 0.3) is 0 Å². The number of rotatable bonds is 6. The van der Waals surface area contributed by atoms with Crippen LogP contribution in [0.5, 0.6) is 0 Å². The molecule has 0 aliphatic carbocycles. The summed E-state index contributed by atoms with van der Waals surface area (Å²) >= 11 is 0. The monoisotopic (exact) mass is 370 g/mol. The van der Waals surface area contributed by atoms with Crippen LogP contribution in [0.3, 0.4) is 0 Å². The summed E-state index contributed by atoms with van der Waals surface area (Å²) in [6.07, 6.45) is -3.20. The van der Waals surface area contributed by atoms with Crippen molar-refractivity contribution < 1.29 is 36.7 Å². The van der Waals surface area contributed by atoms with Crippen LogP contribution in [-0.2, 0) is 9.53 Å². The molecule has 0 aliphatic heterocycles. The molecule has 138 valence electrons. The van der Waals surface area contributed by atoms with Crippen molar-refractivity contribution in [3.05, 3.63) is 54.0 Å². The molecule has 0 saturated carbocycles. The first-order valence-corrected chi connectivity index (χ1v) is 7.20. The van der Waals surface area contributed by atoms with E-state index >= 15 is 0 Å². The van der Waals surface area contributed by atoms with Crippen molar-refractivity contribution in [1.29, 1.82) is 0 Å². The molecule has 0 aliphatic rings. The number of benzene rings is 1. The number of amides is 2. The van der Waals surface area contributed by atoms with E-state index in [0.29, 0.717) is 5.69 Å². The van der Waals surface area contributed by atoms with E-state index < -0.39 is 37.1 Å². The third kappa shape index (κ3) is 5.96. The lowest BCUT2D eigenvalue weighted by molar-refractivity contribution is -0.140. The molecule has 1 aromatic heterocycles. The van der Waals surface area contributed by atoms with Gasteiger partial charge in [-0.2, -0.15) is 13.2 Å². The third-order valence-electron chi connectivity index (χ3n) is 2.94. The first-order chi connectivity index (χ1) is 12.2. The molecule has 0 radical (unpaired) electrons. The summed E-state index contributed by atoms with van der Waals surface area (Å²) in [6, 6.07) is 8.52. The molecular formula is C16H13F3N2O5. The SMILES string of the molecule is O=C(COC(=O)c1ccc(NC(=O)c2ccco2)cc1)NCC(F)(F)F. The minimum atomic E-state index is -4.55. The number of esters is 1. The average molecular weight is 370 g/mol. The number of carbonyl (C=O) groups is 3. The highest BCUT2D eigenvalue weighted by Gasteiger charge is 2.27. The zero-order chi connectivity index (χ0) is 19.2. The number of hydrogen-bond acceptors (Lipinski definition) is 5. The summed E-state index contributed by atoms with van der Waals surface area (Å²) in [6.45, 7) is -2.35. The summed E-state index contributed by atoms with van der Waals surface area (Å²) in [5.74, 6) is -2.33. The Balaban J connectivity index is 1.82. The number of nitrogens with one attached hydrogen (secondary N) is 2. The normalized spacial score (nSPS) is 10.9. The van der Waals surface area contributed by atoms with Gasteiger partial charge >= 0.3 is 12.1 Å². The fourth-order valence-corrected chi connectivity index (χ4v) is 1.75. The maximum atomic E-state index is 11.9. The predicted molar refractivity (Wildman–Crippen MR) is 82.5 cm³/mol. The Morgan fingerprint density at radius 3 is 2.35 bits per heavy atom. The van der Waals surface area contributed by atoms with Crippen LogP contribution < -0.4 is 10.6 Å². The van der Waals surface area contributed by atoms with Crippen molar-refractivity contribution >= 4 is 23.5 Å². The van der Waals surface area contributed by atoms with Gasteiger partial charge in [-0.3, -0.25) is 9.59 Å². The lowest BCUT2D eigenvalue weighted by atomic mass is 10.2. The van der Waals surface area contributed by atoms with Crippen LogP contribution in [0.2, 0.25) is 0 Å². The molecule has 2 N–H and O–H groups in total. The fraction of sp³-hybridized carbons (Fsp3) is 0.188. The molecule has 0 atom stereocenters. The maximum Gasteiger partial charge on any atom is 0.405 e. The highest BCUT2D eigenvalue weighted by atomic mass is 19.4. The molecule has 10 heteroatoms. The average Bonchev–Trinajstić information content (AvgIpc) is 3.12. The van der Waals surface area contributed by atoms with Crippen molar-refractivity contribution in [2.24, 2.45) is 0 Å². The summed E-state index contributed by atoms with van der Waals surface area (Å²) in [5, 5.41) is 4.11. The van der Waals surface area contributed by atoms with Gasteiger partial charge < -0.3 is 19.8 Å². The molecule has 1 aromatic carbocycles. The van der Waals surface area contributed by atoms with Crippen molar-refractivity contribution in [3.63, 3.8) is 0 Å². The van der Waals surface area contributed by atoms with Crippen LogP contribution in [0.1, 0.15) is 20.9 Å². The summed E-state index contributed by atoms with van der Waals surface area (Å²) in [4.78, 5) is 34.7. The van der Waals surface area contributed by atoms with E-state index in [9.17, 15) is 27.6 Å². The highest BCUT2D eigenvalue weighted by Crippen LogP contribution is 2.13. The lowest BCUT2D eigenvalue weighted by Crippen LogP contribution is -2.36. The molecule has 0 spiro atoms. The van der Waals surface area contributed by atoms with Crippen LogP contribution >= 0.6 is 0 Å². The van der Waals surface area contributed by atoms with E-state index in [1.54, 1.807) is 11.4 Å². The van der Waals surface area contributed by atoms with Crippen molar-refractivity contribution in [2.45, 2.75) is 6.18 Å². The number of halogens is 3. The number of furan rings is 1. The van der Waals surface area contributed by atoms with Crippen LogP contribution in [-0.4, -0.2) is 37.1 Å². The van der Waals surface area contributed by atoms with E-state index in [2.05, 4.69) is 10.1 Å². The van der Waals surface area contributed by atoms with Crippen LogP contribution in [0, 0.1) is 0 Å². The Morgan fingerprint density at radius 1 is 1.08 bits per heavy atom.